The minimum Gasteiger partial charge on any atom is -0.317 e. The molecule has 90 valence electrons. The standard InChI is InChI=1S/C12H17NS.C2H6/c1-2-4-12(5-3-1)14-10-11-6-8-13-9-7-11;1-2/h1-5,11,13H,6-10H2;1-2H3. The van der Waals surface area contributed by atoms with Gasteiger partial charge in [-0.1, -0.05) is 32.0 Å². The summed E-state index contributed by atoms with van der Waals surface area (Å²) in [5.74, 6) is 2.20. The van der Waals surface area contributed by atoms with Gasteiger partial charge in [-0.3, -0.25) is 0 Å². The van der Waals surface area contributed by atoms with Crippen molar-refractivity contribution in [1.82, 2.24) is 5.32 Å². The Morgan fingerprint density at radius 1 is 1.12 bits per heavy atom. The van der Waals surface area contributed by atoms with Crippen molar-refractivity contribution in [2.75, 3.05) is 18.8 Å². The van der Waals surface area contributed by atoms with Crippen molar-refractivity contribution in [3.05, 3.63) is 30.3 Å². The van der Waals surface area contributed by atoms with Crippen molar-refractivity contribution in [2.24, 2.45) is 5.92 Å². The molecule has 0 amide bonds. The fraction of sp³-hybridized carbons (Fsp3) is 0.571. The average molecular weight is 237 g/mol. The molecule has 0 aromatic heterocycles. The summed E-state index contributed by atoms with van der Waals surface area (Å²) in [6, 6.07) is 10.7. The highest BCUT2D eigenvalue weighted by Gasteiger charge is 2.12. The Kier molecular flexibility index (Phi) is 7.35. The zero-order chi connectivity index (χ0) is 11.6. The normalized spacial score (nSPS) is 16.4. The summed E-state index contributed by atoms with van der Waals surface area (Å²) >= 11 is 2.00. The molecular formula is C14H23NS. The Labute approximate surface area is 104 Å². The Morgan fingerprint density at radius 2 is 1.75 bits per heavy atom. The highest BCUT2D eigenvalue weighted by molar-refractivity contribution is 7.99. The lowest BCUT2D eigenvalue weighted by Crippen LogP contribution is -2.28. The van der Waals surface area contributed by atoms with Crippen LogP contribution in [0.4, 0.5) is 0 Å². The highest BCUT2D eigenvalue weighted by Crippen LogP contribution is 2.24. The first-order chi connectivity index (χ1) is 7.95. The third-order valence-corrected chi connectivity index (χ3v) is 3.93. The monoisotopic (exact) mass is 237 g/mol. The van der Waals surface area contributed by atoms with Gasteiger partial charge >= 0.3 is 0 Å². The van der Waals surface area contributed by atoms with E-state index < -0.39 is 0 Å². The molecule has 1 N–H and O–H groups in total. The van der Waals surface area contributed by atoms with Crippen LogP contribution < -0.4 is 5.32 Å². The quantitative estimate of drug-likeness (QED) is 0.802. The van der Waals surface area contributed by atoms with E-state index in [1.165, 1.54) is 36.6 Å². The second-order valence-corrected chi connectivity index (χ2v) is 4.91. The number of hydrogen-bond acceptors (Lipinski definition) is 2. The fourth-order valence-corrected chi connectivity index (χ4v) is 2.89. The summed E-state index contributed by atoms with van der Waals surface area (Å²) in [7, 11) is 0. The van der Waals surface area contributed by atoms with Gasteiger partial charge in [0.15, 0.2) is 0 Å². The molecule has 16 heavy (non-hydrogen) atoms. The maximum atomic E-state index is 3.40. The van der Waals surface area contributed by atoms with Crippen molar-refractivity contribution in [3.8, 4) is 0 Å². The minimum atomic E-state index is 0.918. The van der Waals surface area contributed by atoms with E-state index in [1.807, 2.05) is 25.6 Å². The number of nitrogens with one attached hydrogen (secondary N) is 1. The number of hydrogen-bond donors (Lipinski definition) is 1. The van der Waals surface area contributed by atoms with Crippen LogP contribution in [0.5, 0.6) is 0 Å². The van der Waals surface area contributed by atoms with E-state index in [1.54, 1.807) is 0 Å². The lowest BCUT2D eigenvalue weighted by Gasteiger charge is -2.21. The smallest absolute Gasteiger partial charge is 0.00720 e. The van der Waals surface area contributed by atoms with Crippen LogP contribution in [0.1, 0.15) is 26.7 Å². The molecule has 0 unspecified atom stereocenters. The Morgan fingerprint density at radius 3 is 2.38 bits per heavy atom. The molecule has 2 rings (SSSR count). The molecular weight excluding hydrogens is 214 g/mol. The van der Waals surface area contributed by atoms with Gasteiger partial charge < -0.3 is 5.32 Å². The number of rotatable bonds is 3. The van der Waals surface area contributed by atoms with E-state index >= 15 is 0 Å². The van der Waals surface area contributed by atoms with E-state index in [9.17, 15) is 0 Å². The van der Waals surface area contributed by atoms with E-state index in [0.717, 1.165) is 5.92 Å². The third-order valence-electron chi connectivity index (χ3n) is 2.69. The summed E-state index contributed by atoms with van der Waals surface area (Å²) in [5, 5.41) is 3.40. The van der Waals surface area contributed by atoms with Crippen LogP contribution in [0, 0.1) is 5.92 Å². The molecule has 0 spiro atoms. The van der Waals surface area contributed by atoms with E-state index in [0.29, 0.717) is 0 Å². The molecule has 0 atom stereocenters. The van der Waals surface area contributed by atoms with Crippen LogP contribution in [-0.4, -0.2) is 18.8 Å². The second kappa shape index (κ2) is 8.66. The highest BCUT2D eigenvalue weighted by atomic mass is 32.2. The number of thioether (sulfide) groups is 1. The van der Waals surface area contributed by atoms with E-state index in [-0.39, 0.29) is 0 Å². The number of benzene rings is 1. The molecule has 2 heteroatoms. The SMILES string of the molecule is CC.c1ccc(SCC2CCNCC2)cc1. The zero-order valence-electron chi connectivity index (χ0n) is 10.4. The molecule has 1 fully saturated rings. The molecule has 0 saturated carbocycles. The molecule has 1 aliphatic heterocycles. The van der Waals surface area contributed by atoms with Crippen molar-refractivity contribution in [2.45, 2.75) is 31.6 Å². The Hall–Kier alpha value is -0.470. The van der Waals surface area contributed by atoms with Gasteiger partial charge in [-0.2, -0.15) is 0 Å². The van der Waals surface area contributed by atoms with Crippen LogP contribution in [0.25, 0.3) is 0 Å². The maximum absolute atomic E-state index is 3.40. The lowest BCUT2D eigenvalue weighted by molar-refractivity contribution is 0.408. The molecule has 1 aromatic carbocycles. The lowest BCUT2D eigenvalue weighted by atomic mass is 10.0. The van der Waals surface area contributed by atoms with Gasteiger partial charge in [-0.05, 0) is 44.0 Å². The predicted octanol–water partition coefficient (Wildman–Crippen LogP) is 3.80. The van der Waals surface area contributed by atoms with Crippen molar-refractivity contribution in [3.63, 3.8) is 0 Å². The first-order valence-corrected chi connectivity index (χ1v) is 7.32. The summed E-state index contributed by atoms with van der Waals surface area (Å²) in [6.45, 7) is 6.42. The summed E-state index contributed by atoms with van der Waals surface area (Å²) < 4.78 is 0. The van der Waals surface area contributed by atoms with Gasteiger partial charge in [0.05, 0.1) is 0 Å². The first-order valence-electron chi connectivity index (χ1n) is 6.34. The molecule has 1 aliphatic rings. The Balaban J connectivity index is 0.000000606. The molecule has 0 bridgehead atoms. The summed E-state index contributed by atoms with van der Waals surface area (Å²) in [5.41, 5.74) is 0. The first kappa shape index (κ1) is 13.6. The van der Waals surface area contributed by atoms with Crippen LogP contribution in [0.2, 0.25) is 0 Å². The third kappa shape index (κ3) is 5.04. The molecule has 1 nitrogen and oxygen atoms in total. The van der Waals surface area contributed by atoms with Crippen LogP contribution in [0.15, 0.2) is 35.2 Å². The summed E-state index contributed by atoms with van der Waals surface area (Å²) in [6.07, 6.45) is 2.69. The zero-order valence-corrected chi connectivity index (χ0v) is 11.2. The van der Waals surface area contributed by atoms with Crippen molar-refractivity contribution < 1.29 is 0 Å². The second-order valence-electron chi connectivity index (χ2n) is 3.82. The van der Waals surface area contributed by atoms with Crippen LogP contribution in [0.3, 0.4) is 0 Å². The number of piperidine rings is 1. The predicted molar refractivity (Wildman–Crippen MR) is 74.1 cm³/mol. The van der Waals surface area contributed by atoms with Crippen molar-refractivity contribution in [1.29, 1.82) is 0 Å². The largest absolute Gasteiger partial charge is 0.317 e. The molecule has 1 heterocycles. The van der Waals surface area contributed by atoms with Gasteiger partial charge in [0.2, 0.25) is 0 Å². The summed E-state index contributed by atoms with van der Waals surface area (Å²) in [4.78, 5) is 1.41. The molecule has 0 radical (unpaired) electrons. The Bertz CT molecular complexity index is 255. The van der Waals surface area contributed by atoms with Crippen LogP contribution in [-0.2, 0) is 0 Å². The van der Waals surface area contributed by atoms with E-state index in [4.69, 9.17) is 0 Å². The van der Waals surface area contributed by atoms with Gasteiger partial charge in [-0.15, -0.1) is 11.8 Å². The van der Waals surface area contributed by atoms with Gasteiger partial charge in [0, 0.05) is 10.6 Å². The van der Waals surface area contributed by atoms with Crippen molar-refractivity contribution >= 4 is 11.8 Å². The average Bonchev–Trinajstić information content (AvgIpc) is 2.41. The van der Waals surface area contributed by atoms with E-state index in [2.05, 4.69) is 35.6 Å². The van der Waals surface area contributed by atoms with Gasteiger partial charge in [-0.25, -0.2) is 0 Å². The van der Waals surface area contributed by atoms with Crippen LogP contribution >= 0.6 is 11.8 Å². The molecule has 1 aromatic rings. The van der Waals surface area contributed by atoms with Gasteiger partial charge in [0.25, 0.3) is 0 Å². The molecule has 0 aliphatic carbocycles. The maximum Gasteiger partial charge on any atom is 0.00720 e. The van der Waals surface area contributed by atoms with Gasteiger partial charge in [0.1, 0.15) is 0 Å². The molecule has 1 saturated heterocycles. The fourth-order valence-electron chi connectivity index (χ4n) is 1.78. The topological polar surface area (TPSA) is 12.0 Å². The minimum absolute atomic E-state index is 0.918.